The lowest BCUT2D eigenvalue weighted by Crippen LogP contribution is -2.41. The summed E-state index contributed by atoms with van der Waals surface area (Å²) < 4.78 is 6.00. The maximum Gasteiger partial charge on any atom is 0.266 e. The van der Waals surface area contributed by atoms with E-state index >= 15 is 0 Å². The number of carbonyl (C=O) groups excluding carboxylic acids is 1. The Kier molecular flexibility index (Phi) is 5.57. The van der Waals surface area contributed by atoms with Gasteiger partial charge in [0.15, 0.2) is 0 Å². The standard InChI is InChI=1S/C17H19N5O3S/c1-3-12(18-16(23)9-14-11(2)20-25-21-14)10-22-17(24)7-6-13(19-22)15-5-4-8-26-15/h4-8,12H,3,9-10H2,1-2H3,(H,18,23)/t12-/m1/s1. The smallest absolute Gasteiger partial charge is 0.266 e. The summed E-state index contributed by atoms with van der Waals surface area (Å²) in [6, 6.07) is 6.89. The first-order valence-corrected chi connectivity index (χ1v) is 9.14. The Hall–Kier alpha value is -2.81. The van der Waals surface area contributed by atoms with E-state index < -0.39 is 0 Å². The molecule has 26 heavy (non-hydrogen) atoms. The number of hydrogen-bond acceptors (Lipinski definition) is 7. The molecule has 136 valence electrons. The van der Waals surface area contributed by atoms with Crippen LogP contribution in [-0.4, -0.2) is 32.0 Å². The lowest BCUT2D eigenvalue weighted by molar-refractivity contribution is -0.121. The Morgan fingerprint density at radius 3 is 2.85 bits per heavy atom. The van der Waals surface area contributed by atoms with Crippen LogP contribution in [0.15, 0.2) is 39.1 Å². The second-order valence-electron chi connectivity index (χ2n) is 5.86. The molecule has 0 aromatic carbocycles. The van der Waals surface area contributed by atoms with Crippen LogP contribution in [0.3, 0.4) is 0 Å². The molecule has 0 aliphatic carbocycles. The first-order valence-electron chi connectivity index (χ1n) is 8.26. The summed E-state index contributed by atoms with van der Waals surface area (Å²) >= 11 is 1.56. The molecular formula is C17H19N5O3S. The zero-order valence-corrected chi connectivity index (χ0v) is 15.3. The van der Waals surface area contributed by atoms with E-state index in [1.165, 1.54) is 10.7 Å². The molecule has 3 aromatic rings. The van der Waals surface area contributed by atoms with Crippen LogP contribution in [-0.2, 0) is 17.8 Å². The lowest BCUT2D eigenvalue weighted by atomic mass is 10.2. The van der Waals surface area contributed by atoms with E-state index in [2.05, 4.69) is 25.4 Å². The van der Waals surface area contributed by atoms with E-state index in [0.717, 1.165) is 10.6 Å². The van der Waals surface area contributed by atoms with Crippen LogP contribution in [0, 0.1) is 6.92 Å². The summed E-state index contributed by atoms with van der Waals surface area (Å²) in [5.74, 6) is -0.196. The Morgan fingerprint density at radius 2 is 2.19 bits per heavy atom. The highest BCUT2D eigenvalue weighted by Crippen LogP contribution is 2.21. The molecule has 0 aliphatic rings. The van der Waals surface area contributed by atoms with Crippen molar-refractivity contribution in [2.45, 2.75) is 39.3 Å². The van der Waals surface area contributed by atoms with Crippen LogP contribution in [0.25, 0.3) is 10.6 Å². The number of aromatic nitrogens is 4. The SMILES string of the molecule is CC[C@H](Cn1nc(-c2cccs2)ccc1=O)NC(=O)Cc1nonc1C. The number of amides is 1. The van der Waals surface area contributed by atoms with Gasteiger partial charge in [-0.1, -0.05) is 23.3 Å². The average Bonchev–Trinajstić information content (AvgIpc) is 3.29. The highest BCUT2D eigenvalue weighted by atomic mass is 32.1. The van der Waals surface area contributed by atoms with Crippen LogP contribution in [0.5, 0.6) is 0 Å². The van der Waals surface area contributed by atoms with Crippen molar-refractivity contribution < 1.29 is 9.42 Å². The molecule has 3 aromatic heterocycles. The van der Waals surface area contributed by atoms with E-state index in [-0.39, 0.29) is 23.9 Å². The van der Waals surface area contributed by atoms with Gasteiger partial charge in [-0.2, -0.15) is 5.10 Å². The zero-order chi connectivity index (χ0) is 18.5. The summed E-state index contributed by atoms with van der Waals surface area (Å²) in [6.07, 6.45) is 0.753. The maximum absolute atomic E-state index is 12.2. The third-order valence-electron chi connectivity index (χ3n) is 3.97. The van der Waals surface area contributed by atoms with Gasteiger partial charge in [0.05, 0.1) is 17.8 Å². The first-order chi connectivity index (χ1) is 12.6. The van der Waals surface area contributed by atoms with Crippen molar-refractivity contribution in [2.24, 2.45) is 0 Å². The Labute approximate surface area is 153 Å². The fraction of sp³-hybridized carbons (Fsp3) is 0.353. The van der Waals surface area contributed by atoms with E-state index in [1.807, 2.05) is 24.4 Å². The van der Waals surface area contributed by atoms with Crippen LogP contribution in [0.1, 0.15) is 24.7 Å². The van der Waals surface area contributed by atoms with Crippen molar-refractivity contribution in [1.82, 2.24) is 25.4 Å². The minimum absolute atomic E-state index is 0.0867. The second kappa shape index (κ2) is 8.05. The number of thiophene rings is 1. The van der Waals surface area contributed by atoms with Gasteiger partial charge in [0.2, 0.25) is 5.91 Å². The lowest BCUT2D eigenvalue weighted by Gasteiger charge is -2.17. The summed E-state index contributed by atoms with van der Waals surface area (Å²) in [5.41, 5.74) is 1.64. The van der Waals surface area contributed by atoms with Gasteiger partial charge < -0.3 is 5.32 Å². The van der Waals surface area contributed by atoms with Crippen molar-refractivity contribution in [3.63, 3.8) is 0 Å². The van der Waals surface area contributed by atoms with E-state index in [1.54, 1.807) is 24.3 Å². The Balaban J connectivity index is 1.70. The third kappa shape index (κ3) is 4.23. The molecule has 1 atom stereocenters. The van der Waals surface area contributed by atoms with Gasteiger partial charge in [-0.25, -0.2) is 9.31 Å². The van der Waals surface area contributed by atoms with Crippen molar-refractivity contribution >= 4 is 17.2 Å². The van der Waals surface area contributed by atoms with Crippen LogP contribution < -0.4 is 10.9 Å². The van der Waals surface area contributed by atoms with Gasteiger partial charge in [0.25, 0.3) is 5.56 Å². The van der Waals surface area contributed by atoms with Crippen molar-refractivity contribution in [1.29, 1.82) is 0 Å². The van der Waals surface area contributed by atoms with E-state index in [4.69, 9.17) is 0 Å². The van der Waals surface area contributed by atoms with E-state index in [9.17, 15) is 9.59 Å². The topological polar surface area (TPSA) is 103 Å². The second-order valence-corrected chi connectivity index (χ2v) is 6.81. The fourth-order valence-corrected chi connectivity index (χ4v) is 3.15. The number of nitrogens with one attached hydrogen (secondary N) is 1. The molecule has 0 bridgehead atoms. The van der Waals surface area contributed by atoms with Crippen LogP contribution in [0.4, 0.5) is 0 Å². The molecule has 0 saturated heterocycles. The molecule has 3 rings (SSSR count). The number of nitrogens with zero attached hydrogens (tertiary/aromatic N) is 4. The molecule has 8 nitrogen and oxygen atoms in total. The quantitative estimate of drug-likeness (QED) is 0.677. The Morgan fingerprint density at radius 1 is 1.35 bits per heavy atom. The van der Waals surface area contributed by atoms with Crippen molar-refractivity contribution in [2.75, 3.05) is 0 Å². The molecule has 3 heterocycles. The molecule has 1 amide bonds. The molecule has 0 unspecified atom stereocenters. The van der Waals surface area contributed by atoms with Gasteiger partial charge in [0, 0.05) is 12.1 Å². The minimum atomic E-state index is -0.216. The van der Waals surface area contributed by atoms with Crippen molar-refractivity contribution in [3.8, 4) is 10.6 Å². The average molecular weight is 373 g/mol. The summed E-state index contributed by atoms with van der Waals surface area (Å²) in [7, 11) is 0. The molecule has 0 aliphatic heterocycles. The predicted octanol–water partition coefficient (Wildman–Crippen LogP) is 1.80. The minimum Gasteiger partial charge on any atom is -0.351 e. The number of rotatable bonds is 7. The predicted molar refractivity (Wildman–Crippen MR) is 96.8 cm³/mol. The van der Waals surface area contributed by atoms with Gasteiger partial charge in [-0.15, -0.1) is 11.3 Å². The molecule has 0 spiro atoms. The van der Waals surface area contributed by atoms with Gasteiger partial charge in [-0.05, 0) is 30.9 Å². The van der Waals surface area contributed by atoms with Crippen molar-refractivity contribution in [3.05, 3.63) is 51.4 Å². The van der Waals surface area contributed by atoms with Crippen LogP contribution >= 0.6 is 11.3 Å². The molecular weight excluding hydrogens is 354 g/mol. The summed E-state index contributed by atoms with van der Waals surface area (Å²) in [6.45, 7) is 3.98. The highest BCUT2D eigenvalue weighted by Gasteiger charge is 2.16. The zero-order valence-electron chi connectivity index (χ0n) is 14.5. The first kappa shape index (κ1) is 18.0. The highest BCUT2D eigenvalue weighted by molar-refractivity contribution is 7.13. The molecule has 0 fully saturated rings. The van der Waals surface area contributed by atoms with Crippen LogP contribution in [0.2, 0.25) is 0 Å². The normalized spacial score (nSPS) is 12.1. The van der Waals surface area contributed by atoms with Gasteiger partial charge in [-0.3, -0.25) is 9.59 Å². The summed E-state index contributed by atoms with van der Waals surface area (Å²) in [5, 5.41) is 16.7. The largest absolute Gasteiger partial charge is 0.351 e. The van der Waals surface area contributed by atoms with E-state index in [0.29, 0.717) is 24.4 Å². The summed E-state index contributed by atoms with van der Waals surface area (Å²) in [4.78, 5) is 25.4. The number of aryl methyl sites for hydroxylation is 1. The molecule has 0 saturated carbocycles. The Bertz CT molecular complexity index is 932. The van der Waals surface area contributed by atoms with Gasteiger partial charge >= 0.3 is 0 Å². The maximum atomic E-state index is 12.2. The third-order valence-corrected chi connectivity index (χ3v) is 4.86. The fourth-order valence-electron chi connectivity index (χ4n) is 2.46. The van der Waals surface area contributed by atoms with Gasteiger partial charge in [0.1, 0.15) is 17.1 Å². The number of carbonyl (C=O) groups is 1. The molecule has 0 radical (unpaired) electrons. The monoisotopic (exact) mass is 373 g/mol. The molecule has 9 heteroatoms. The number of hydrogen-bond donors (Lipinski definition) is 1. The molecule has 1 N–H and O–H groups in total.